The molecule has 0 saturated carbocycles. The van der Waals surface area contributed by atoms with Crippen LogP contribution in [0.15, 0.2) is 0 Å². The summed E-state index contributed by atoms with van der Waals surface area (Å²) in [6, 6.07) is 0. The molecule has 1 aliphatic rings. The van der Waals surface area contributed by atoms with E-state index in [0.29, 0.717) is 0 Å². The summed E-state index contributed by atoms with van der Waals surface area (Å²) in [6.07, 6.45) is 0.0231. The molecule has 0 aromatic carbocycles. The molecule has 0 aliphatic carbocycles. The minimum absolute atomic E-state index is 0.0116. The normalized spacial score (nSPS) is 47.5. The van der Waals surface area contributed by atoms with E-state index in [9.17, 15) is 3.83 Å². The van der Waals surface area contributed by atoms with Crippen LogP contribution in [0.4, 0.5) is 0 Å². The molecule has 0 radical (unpaired) electrons. The van der Waals surface area contributed by atoms with Crippen LogP contribution >= 0.6 is 0 Å². The Morgan fingerprint density at radius 2 is 1.62 bits per heavy atom. The van der Waals surface area contributed by atoms with Gasteiger partial charge in [0.1, 0.15) is 0 Å². The van der Waals surface area contributed by atoms with E-state index in [1.807, 2.05) is 13.8 Å². The molecule has 0 aromatic heterocycles. The third-order valence-electron chi connectivity index (χ3n) is 1.12. The fourth-order valence-electron chi connectivity index (χ4n) is 0.427. The third kappa shape index (κ3) is 1.14. The molecule has 2 unspecified atom stereocenters. The predicted molar refractivity (Wildman–Crippen MR) is 27.5 cm³/mol. The Morgan fingerprint density at radius 1 is 1.25 bits per heavy atom. The van der Waals surface area contributed by atoms with E-state index in [4.69, 9.17) is 7.64 Å². The summed E-state index contributed by atoms with van der Waals surface area (Å²) >= 11 is -2.30. The second-order valence-corrected chi connectivity index (χ2v) is 3.47. The SMILES string of the molecule is CC1O[Se](=O)OC1C. The molecule has 1 fully saturated rings. The molecule has 4 heteroatoms. The average Bonchev–Trinajstić information content (AvgIpc) is 1.85. The third-order valence-corrected chi connectivity index (χ3v) is 3.05. The predicted octanol–water partition coefficient (Wildman–Crippen LogP) is 0.226. The van der Waals surface area contributed by atoms with Gasteiger partial charge < -0.3 is 0 Å². The van der Waals surface area contributed by atoms with Gasteiger partial charge in [-0.05, 0) is 0 Å². The van der Waals surface area contributed by atoms with E-state index >= 15 is 0 Å². The first-order valence-electron chi connectivity index (χ1n) is 2.46. The Morgan fingerprint density at radius 3 is 1.75 bits per heavy atom. The molecule has 0 amide bonds. The fourth-order valence-corrected chi connectivity index (χ4v) is 2.22. The van der Waals surface area contributed by atoms with E-state index in [2.05, 4.69) is 0 Å². The minimum atomic E-state index is -2.30. The Bertz CT molecular complexity index is 102. The maximum atomic E-state index is 10.4. The molecule has 48 valence electrons. The van der Waals surface area contributed by atoms with E-state index in [-0.39, 0.29) is 12.2 Å². The van der Waals surface area contributed by atoms with Crippen LogP contribution in [0.3, 0.4) is 0 Å². The zero-order valence-corrected chi connectivity index (χ0v) is 6.50. The average molecular weight is 183 g/mol. The van der Waals surface area contributed by atoms with Gasteiger partial charge in [-0.15, -0.1) is 0 Å². The summed E-state index contributed by atoms with van der Waals surface area (Å²) in [5, 5.41) is 0. The summed E-state index contributed by atoms with van der Waals surface area (Å²) < 4.78 is 20.1. The van der Waals surface area contributed by atoms with Crippen molar-refractivity contribution in [2.24, 2.45) is 0 Å². The van der Waals surface area contributed by atoms with Gasteiger partial charge >= 0.3 is 52.0 Å². The molecule has 1 heterocycles. The van der Waals surface area contributed by atoms with Crippen molar-refractivity contribution in [1.82, 2.24) is 0 Å². The number of rotatable bonds is 0. The van der Waals surface area contributed by atoms with Gasteiger partial charge in [0.2, 0.25) is 0 Å². The molecule has 0 aromatic rings. The fraction of sp³-hybridized carbons (Fsp3) is 1.00. The van der Waals surface area contributed by atoms with Crippen LogP contribution in [-0.2, 0) is 11.5 Å². The molecule has 2 atom stereocenters. The van der Waals surface area contributed by atoms with Crippen molar-refractivity contribution in [3.05, 3.63) is 0 Å². The summed E-state index contributed by atoms with van der Waals surface area (Å²) in [5.74, 6) is 0. The van der Waals surface area contributed by atoms with Crippen LogP contribution in [0.1, 0.15) is 13.8 Å². The summed E-state index contributed by atoms with van der Waals surface area (Å²) in [6.45, 7) is 3.71. The Balaban J connectivity index is 2.51. The van der Waals surface area contributed by atoms with Crippen molar-refractivity contribution in [3.8, 4) is 0 Å². The molecule has 0 bridgehead atoms. The van der Waals surface area contributed by atoms with Crippen molar-refractivity contribution in [2.75, 3.05) is 0 Å². The van der Waals surface area contributed by atoms with Crippen molar-refractivity contribution in [3.63, 3.8) is 0 Å². The standard InChI is InChI=1S/C4H8O3Se/c1-3-4(2)7-8(5)6-3/h3-4H,1-2H3. The van der Waals surface area contributed by atoms with Crippen LogP contribution in [0.2, 0.25) is 0 Å². The van der Waals surface area contributed by atoms with Gasteiger partial charge in [-0.3, -0.25) is 0 Å². The molecule has 1 rings (SSSR count). The molecule has 0 spiro atoms. The molecule has 0 N–H and O–H groups in total. The van der Waals surface area contributed by atoms with Crippen molar-refractivity contribution >= 4 is 14.5 Å². The van der Waals surface area contributed by atoms with Gasteiger partial charge in [0.25, 0.3) is 0 Å². The summed E-state index contributed by atoms with van der Waals surface area (Å²) in [4.78, 5) is 0. The maximum absolute atomic E-state index is 10.4. The molecular weight excluding hydrogens is 175 g/mol. The molecule has 8 heavy (non-hydrogen) atoms. The molecule has 1 aliphatic heterocycles. The quantitative estimate of drug-likeness (QED) is 0.504. The van der Waals surface area contributed by atoms with E-state index in [0.717, 1.165) is 0 Å². The number of hydrogen-bond acceptors (Lipinski definition) is 3. The zero-order chi connectivity index (χ0) is 6.15. The Labute approximate surface area is 52.7 Å². The Kier molecular flexibility index (Phi) is 1.77. The van der Waals surface area contributed by atoms with Gasteiger partial charge in [-0.25, -0.2) is 0 Å². The van der Waals surface area contributed by atoms with Crippen molar-refractivity contribution < 1.29 is 11.5 Å². The van der Waals surface area contributed by atoms with Gasteiger partial charge in [-0.2, -0.15) is 0 Å². The van der Waals surface area contributed by atoms with Gasteiger partial charge in [-0.1, -0.05) is 0 Å². The second-order valence-electron chi connectivity index (χ2n) is 1.81. The zero-order valence-electron chi connectivity index (χ0n) is 4.79. The van der Waals surface area contributed by atoms with Gasteiger partial charge in [0.15, 0.2) is 0 Å². The van der Waals surface area contributed by atoms with Crippen LogP contribution in [0.5, 0.6) is 0 Å². The topological polar surface area (TPSA) is 35.5 Å². The summed E-state index contributed by atoms with van der Waals surface area (Å²) in [7, 11) is 0. The first-order valence-corrected chi connectivity index (χ1v) is 4.56. The molecule has 1 saturated heterocycles. The Hall–Kier alpha value is 0.239. The van der Waals surface area contributed by atoms with Gasteiger partial charge in [0, 0.05) is 0 Å². The van der Waals surface area contributed by atoms with Gasteiger partial charge in [0.05, 0.1) is 0 Å². The number of hydrogen-bond donors (Lipinski definition) is 0. The van der Waals surface area contributed by atoms with Crippen LogP contribution in [-0.4, -0.2) is 26.7 Å². The van der Waals surface area contributed by atoms with E-state index in [1.165, 1.54) is 0 Å². The second kappa shape index (κ2) is 2.23. The monoisotopic (exact) mass is 184 g/mol. The molecular formula is C4H8O3Se. The first-order chi connectivity index (χ1) is 3.70. The van der Waals surface area contributed by atoms with Crippen molar-refractivity contribution in [1.29, 1.82) is 0 Å². The van der Waals surface area contributed by atoms with E-state index in [1.54, 1.807) is 0 Å². The summed E-state index contributed by atoms with van der Waals surface area (Å²) in [5.41, 5.74) is 0. The van der Waals surface area contributed by atoms with E-state index < -0.39 is 14.5 Å². The first kappa shape index (κ1) is 6.36. The van der Waals surface area contributed by atoms with Crippen LogP contribution in [0.25, 0.3) is 0 Å². The van der Waals surface area contributed by atoms with Crippen molar-refractivity contribution in [2.45, 2.75) is 26.1 Å². The van der Waals surface area contributed by atoms with Crippen LogP contribution in [0, 0.1) is 0 Å². The molecule has 3 nitrogen and oxygen atoms in total. The van der Waals surface area contributed by atoms with Crippen LogP contribution < -0.4 is 0 Å².